The second-order valence-electron chi connectivity index (χ2n) is 4.10. The van der Waals surface area contributed by atoms with Crippen LogP contribution in [-0.4, -0.2) is 25.9 Å². The van der Waals surface area contributed by atoms with Gasteiger partial charge in [0.05, 0.1) is 9.79 Å². The first-order valence-corrected chi connectivity index (χ1v) is 8.54. The molecule has 0 heterocycles. The normalized spacial score (nSPS) is 11.4. The minimum absolute atomic E-state index is 0.210. The van der Waals surface area contributed by atoms with E-state index >= 15 is 0 Å². The first-order chi connectivity index (χ1) is 10.00. The second-order valence-corrected chi connectivity index (χ2v) is 6.94. The highest BCUT2D eigenvalue weighted by Gasteiger charge is 2.17. The lowest BCUT2D eigenvalue weighted by Gasteiger charge is -2.02. The zero-order valence-electron chi connectivity index (χ0n) is 11.1. The van der Waals surface area contributed by atoms with Crippen LogP contribution in [0.5, 0.6) is 0 Å². The van der Waals surface area contributed by atoms with Crippen molar-refractivity contribution >= 4 is 31.6 Å². The Labute approximate surface area is 127 Å². The molecular formula is C12H14N2O6S2. The molecule has 0 aliphatic carbocycles. The third-order valence-electron chi connectivity index (χ3n) is 2.30. The Hall–Kier alpha value is -2.14. The van der Waals surface area contributed by atoms with Crippen LogP contribution >= 0.6 is 0 Å². The van der Waals surface area contributed by atoms with Crippen LogP contribution in [0.15, 0.2) is 58.3 Å². The molecule has 0 spiro atoms. The number of hydrogen-bond acceptors (Lipinski definition) is 6. The molecule has 0 saturated heterocycles. The molecule has 0 unspecified atom stereocenters. The minimum Gasteiger partial charge on any atom is -0.399 e. The molecule has 0 radical (unpaired) electrons. The van der Waals surface area contributed by atoms with Gasteiger partial charge in [0.1, 0.15) is 0 Å². The summed E-state index contributed by atoms with van der Waals surface area (Å²) < 4.78 is 60.0. The van der Waals surface area contributed by atoms with Gasteiger partial charge >= 0.3 is 0 Å². The smallest absolute Gasteiger partial charge is 0.294 e. The summed E-state index contributed by atoms with van der Waals surface area (Å²) in [7, 11) is -9.13. The molecule has 0 atom stereocenters. The summed E-state index contributed by atoms with van der Waals surface area (Å²) in [5, 5.41) is 0. The Morgan fingerprint density at radius 2 is 1.09 bits per heavy atom. The van der Waals surface area contributed by atoms with Crippen molar-refractivity contribution in [3.05, 3.63) is 48.5 Å². The highest BCUT2D eigenvalue weighted by Crippen LogP contribution is 2.19. The van der Waals surface area contributed by atoms with E-state index in [4.69, 9.17) is 20.6 Å². The first-order valence-electron chi connectivity index (χ1n) is 5.66. The maximum Gasteiger partial charge on any atom is 0.294 e. The van der Waals surface area contributed by atoms with Gasteiger partial charge in [-0.15, -0.1) is 0 Å². The molecule has 2 aromatic carbocycles. The number of rotatable bonds is 2. The second kappa shape index (κ2) is 6.75. The molecule has 6 N–H and O–H groups in total. The van der Waals surface area contributed by atoms with Gasteiger partial charge in [-0.2, -0.15) is 16.8 Å². The Morgan fingerprint density at radius 1 is 0.682 bits per heavy atom. The van der Waals surface area contributed by atoms with E-state index in [1.54, 1.807) is 0 Å². The molecule has 10 heteroatoms. The van der Waals surface area contributed by atoms with Crippen molar-refractivity contribution in [2.24, 2.45) is 0 Å². The van der Waals surface area contributed by atoms with Crippen molar-refractivity contribution < 1.29 is 25.9 Å². The van der Waals surface area contributed by atoms with E-state index < -0.39 is 30.0 Å². The standard InChI is InChI=1S/C6H7NO6S2.C6H7N/c7-4-1-5(14(8,9)10)3-6(2-4)15(11,12)13;7-6-4-2-1-3-5-6/h1-3H,7H2,(H,8,9,10)(H,11,12,13);1-5H,7H2. The Morgan fingerprint density at radius 3 is 1.36 bits per heavy atom. The number of nitrogens with two attached hydrogens (primary N) is 2. The fourth-order valence-electron chi connectivity index (χ4n) is 1.34. The lowest BCUT2D eigenvalue weighted by molar-refractivity contribution is 0.481. The van der Waals surface area contributed by atoms with Crippen LogP contribution in [0.1, 0.15) is 0 Å². The summed E-state index contributed by atoms with van der Waals surface area (Å²) in [6.07, 6.45) is 0. The van der Waals surface area contributed by atoms with E-state index in [0.717, 1.165) is 17.8 Å². The van der Waals surface area contributed by atoms with E-state index in [0.29, 0.717) is 6.07 Å². The molecule has 2 rings (SSSR count). The molecule has 2 aromatic rings. The van der Waals surface area contributed by atoms with E-state index in [-0.39, 0.29) is 5.69 Å². The van der Waals surface area contributed by atoms with E-state index in [1.807, 2.05) is 30.3 Å². The van der Waals surface area contributed by atoms with Gasteiger partial charge < -0.3 is 11.5 Å². The summed E-state index contributed by atoms with van der Waals surface area (Å²) in [4.78, 5) is -1.40. The summed E-state index contributed by atoms with van der Waals surface area (Å²) in [6, 6.07) is 11.8. The van der Waals surface area contributed by atoms with Crippen molar-refractivity contribution in [2.45, 2.75) is 9.79 Å². The fourth-order valence-corrected chi connectivity index (χ4v) is 2.54. The van der Waals surface area contributed by atoms with Crippen LogP contribution in [0.2, 0.25) is 0 Å². The molecule has 0 aromatic heterocycles. The lowest BCUT2D eigenvalue weighted by Crippen LogP contribution is -2.04. The number of para-hydroxylation sites is 1. The van der Waals surface area contributed by atoms with Crippen LogP contribution in [0, 0.1) is 0 Å². The van der Waals surface area contributed by atoms with E-state index in [9.17, 15) is 16.8 Å². The van der Waals surface area contributed by atoms with Crippen molar-refractivity contribution in [3.8, 4) is 0 Å². The Kier molecular flexibility index (Phi) is 5.49. The van der Waals surface area contributed by atoms with Crippen molar-refractivity contribution in [1.82, 2.24) is 0 Å². The SMILES string of the molecule is Nc1cc(S(=O)(=O)O)cc(S(=O)(=O)O)c1.Nc1ccccc1. The fraction of sp³-hybridized carbons (Fsp3) is 0. The summed E-state index contributed by atoms with van der Waals surface area (Å²) >= 11 is 0. The minimum atomic E-state index is -4.56. The molecule has 0 fully saturated rings. The molecule has 0 saturated carbocycles. The lowest BCUT2D eigenvalue weighted by atomic mass is 10.3. The van der Waals surface area contributed by atoms with Crippen LogP contribution < -0.4 is 11.5 Å². The van der Waals surface area contributed by atoms with Gasteiger partial charge in [-0.05, 0) is 30.3 Å². The third-order valence-corrected chi connectivity index (χ3v) is 3.96. The van der Waals surface area contributed by atoms with E-state index in [2.05, 4.69) is 0 Å². The maximum absolute atomic E-state index is 10.7. The Balaban J connectivity index is 0.000000287. The van der Waals surface area contributed by atoms with Gasteiger partial charge in [0, 0.05) is 11.4 Å². The van der Waals surface area contributed by atoms with Crippen LogP contribution in [-0.2, 0) is 20.2 Å². The van der Waals surface area contributed by atoms with Gasteiger partial charge in [-0.1, -0.05) is 18.2 Å². The highest BCUT2D eigenvalue weighted by atomic mass is 32.2. The molecule has 22 heavy (non-hydrogen) atoms. The average molecular weight is 346 g/mol. The van der Waals surface area contributed by atoms with Gasteiger partial charge in [-0.3, -0.25) is 9.11 Å². The largest absolute Gasteiger partial charge is 0.399 e. The average Bonchev–Trinajstić information content (AvgIpc) is 2.37. The zero-order chi connectivity index (χ0) is 17.0. The summed E-state index contributed by atoms with van der Waals surface area (Å²) in [6.45, 7) is 0. The number of hydrogen-bond donors (Lipinski definition) is 4. The quantitative estimate of drug-likeness (QED) is 0.463. The van der Waals surface area contributed by atoms with Crippen LogP contribution in [0.3, 0.4) is 0 Å². The van der Waals surface area contributed by atoms with Crippen molar-refractivity contribution in [1.29, 1.82) is 0 Å². The van der Waals surface area contributed by atoms with Crippen LogP contribution in [0.25, 0.3) is 0 Å². The summed E-state index contributed by atoms with van der Waals surface area (Å²) in [5.74, 6) is 0. The highest BCUT2D eigenvalue weighted by molar-refractivity contribution is 7.86. The van der Waals surface area contributed by atoms with Gasteiger partial charge in [0.2, 0.25) is 0 Å². The molecule has 120 valence electrons. The molecule has 0 aliphatic rings. The molecule has 8 nitrogen and oxygen atoms in total. The van der Waals surface area contributed by atoms with Crippen LogP contribution in [0.4, 0.5) is 11.4 Å². The number of benzene rings is 2. The predicted octanol–water partition coefficient (Wildman–Crippen LogP) is 1.03. The topological polar surface area (TPSA) is 161 Å². The van der Waals surface area contributed by atoms with Gasteiger partial charge in [0.15, 0.2) is 0 Å². The predicted molar refractivity (Wildman–Crippen MR) is 81.3 cm³/mol. The molecule has 0 amide bonds. The van der Waals surface area contributed by atoms with Gasteiger partial charge in [0.25, 0.3) is 20.2 Å². The Bertz CT molecular complexity index is 798. The van der Waals surface area contributed by atoms with E-state index in [1.165, 1.54) is 0 Å². The summed E-state index contributed by atoms with van der Waals surface area (Å²) in [5.41, 5.74) is 11.2. The number of nitrogen functional groups attached to an aromatic ring is 2. The monoisotopic (exact) mass is 346 g/mol. The van der Waals surface area contributed by atoms with Crippen molar-refractivity contribution in [3.63, 3.8) is 0 Å². The first kappa shape index (κ1) is 17.9. The van der Waals surface area contributed by atoms with Crippen molar-refractivity contribution in [2.75, 3.05) is 11.5 Å². The molecular weight excluding hydrogens is 332 g/mol. The molecule has 0 aliphatic heterocycles. The molecule has 0 bridgehead atoms. The maximum atomic E-state index is 10.7. The van der Waals surface area contributed by atoms with Gasteiger partial charge in [-0.25, -0.2) is 0 Å². The number of anilines is 2. The third kappa shape index (κ3) is 5.69. The zero-order valence-corrected chi connectivity index (χ0v) is 12.8.